The molecule has 0 aromatic heterocycles. The molecule has 0 bridgehead atoms. The van der Waals surface area contributed by atoms with Gasteiger partial charge in [-0.15, -0.1) is 0 Å². The van der Waals surface area contributed by atoms with Gasteiger partial charge in [0.1, 0.15) is 6.54 Å². The quantitative estimate of drug-likeness (QED) is 0.707. The van der Waals surface area contributed by atoms with Gasteiger partial charge in [0, 0.05) is 25.0 Å². The molecule has 0 saturated heterocycles. The molecule has 0 aliphatic carbocycles. The fourth-order valence-corrected chi connectivity index (χ4v) is 2.65. The molecule has 0 spiro atoms. The van der Waals surface area contributed by atoms with E-state index >= 15 is 0 Å². The van der Waals surface area contributed by atoms with Crippen molar-refractivity contribution in [2.75, 3.05) is 24.5 Å². The number of hydrogen-bond acceptors (Lipinski definition) is 2. The summed E-state index contributed by atoms with van der Waals surface area (Å²) in [5.41, 5.74) is -1.41. The summed E-state index contributed by atoms with van der Waals surface area (Å²) in [5.74, 6) is -1.03. The Balaban J connectivity index is 3.21. The Bertz CT molecular complexity index is 614. The third kappa shape index (κ3) is 5.92. The lowest BCUT2D eigenvalue weighted by Crippen LogP contribution is -2.43. The fourth-order valence-electron chi connectivity index (χ4n) is 2.47. The van der Waals surface area contributed by atoms with Crippen LogP contribution in [0.5, 0.6) is 0 Å². The van der Waals surface area contributed by atoms with Crippen LogP contribution in [0, 0.1) is 0 Å². The van der Waals surface area contributed by atoms with Gasteiger partial charge in [-0.05, 0) is 31.0 Å². The molecule has 1 rings (SSSR count). The van der Waals surface area contributed by atoms with Gasteiger partial charge in [-0.1, -0.05) is 25.4 Å². The topological polar surface area (TPSA) is 40.6 Å². The molecule has 0 heterocycles. The molecule has 4 nitrogen and oxygen atoms in total. The van der Waals surface area contributed by atoms with Gasteiger partial charge in [0.05, 0.1) is 11.3 Å². The minimum Gasteiger partial charge on any atom is -0.341 e. The molecule has 25 heavy (non-hydrogen) atoms. The van der Waals surface area contributed by atoms with Crippen molar-refractivity contribution in [1.82, 2.24) is 4.90 Å². The number of carbonyl (C=O) groups excluding carboxylic acids is 2. The predicted octanol–water partition coefficient (Wildman–Crippen LogP) is 4.36. The summed E-state index contributed by atoms with van der Waals surface area (Å²) < 4.78 is 39.9. The van der Waals surface area contributed by atoms with E-state index in [9.17, 15) is 22.8 Å². The maximum Gasteiger partial charge on any atom is 0.418 e. The van der Waals surface area contributed by atoms with Gasteiger partial charge in [0.25, 0.3) is 0 Å². The molecule has 0 atom stereocenters. The number of hydrogen-bond donors (Lipinski definition) is 0. The lowest BCUT2D eigenvalue weighted by molar-refractivity contribution is -0.137. The van der Waals surface area contributed by atoms with E-state index in [1.165, 1.54) is 6.07 Å². The van der Waals surface area contributed by atoms with Crippen LogP contribution >= 0.6 is 11.6 Å². The summed E-state index contributed by atoms with van der Waals surface area (Å²) in [4.78, 5) is 26.8. The molecule has 0 unspecified atom stereocenters. The van der Waals surface area contributed by atoms with Gasteiger partial charge in [-0.3, -0.25) is 9.59 Å². The summed E-state index contributed by atoms with van der Waals surface area (Å²) in [7, 11) is 0. The van der Waals surface area contributed by atoms with Crippen LogP contribution in [-0.2, 0) is 15.8 Å². The Morgan fingerprint density at radius 3 is 2.12 bits per heavy atom. The molecule has 140 valence electrons. The van der Waals surface area contributed by atoms with Crippen LogP contribution in [0.2, 0.25) is 5.02 Å². The minimum absolute atomic E-state index is 0.0931. The molecular formula is C17H22ClF3N2O2. The average Bonchev–Trinajstić information content (AvgIpc) is 2.51. The number of nitrogens with zero attached hydrogens (tertiary/aromatic N) is 2. The van der Waals surface area contributed by atoms with E-state index in [1.54, 1.807) is 4.90 Å². The monoisotopic (exact) mass is 378 g/mol. The molecule has 1 aromatic carbocycles. The maximum absolute atomic E-state index is 13.3. The van der Waals surface area contributed by atoms with Crippen LogP contribution in [-0.4, -0.2) is 36.3 Å². The van der Waals surface area contributed by atoms with Crippen molar-refractivity contribution in [2.45, 2.75) is 39.8 Å². The Morgan fingerprint density at radius 1 is 1.12 bits per heavy atom. The van der Waals surface area contributed by atoms with Crippen LogP contribution < -0.4 is 4.90 Å². The number of halogens is 4. The van der Waals surface area contributed by atoms with Crippen molar-refractivity contribution in [2.24, 2.45) is 0 Å². The molecule has 0 radical (unpaired) electrons. The smallest absolute Gasteiger partial charge is 0.341 e. The molecule has 8 heteroatoms. The van der Waals surface area contributed by atoms with E-state index in [4.69, 9.17) is 11.6 Å². The van der Waals surface area contributed by atoms with Gasteiger partial charge in [0.2, 0.25) is 11.8 Å². The highest BCUT2D eigenvalue weighted by molar-refractivity contribution is 6.30. The van der Waals surface area contributed by atoms with E-state index in [-0.39, 0.29) is 16.6 Å². The number of alkyl halides is 3. The van der Waals surface area contributed by atoms with Crippen molar-refractivity contribution in [3.05, 3.63) is 28.8 Å². The second-order valence-electron chi connectivity index (χ2n) is 5.65. The lowest BCUT2D eigenvalue weighted by Gasteiger charge is -2.28. The summed E-state index contributed by atoms with van der Waals surface area (Å²) in [6.07, 6.45) is -3.25. The molecule has 0 aliphatic rings. The Morgan fingerprint density at radius 2 is 1.68 bits per heavy atom. The molecule has 0 fully saturated rings. The zero-order valence-corrected chi connectivity index (χ0v) is 15.2. The van der Waals surface area contributed by atoms with Crippen LogP contribution in [0.3, 0.4) is 0 Å². The first-order valence-corrected chi connectivity index (χ1v) is 8.42. The van der Waals surface area contributed by atoms with Crippen molar-refractivity contribution >= 4 is 29.1 Å². The Kier molecular flexibility index (Phi) is 7.73. The normalized spacial score (nSPS) is 11.3. The van der Waals surface area contributed by atoms with Gasteiger partial charge in [0.15, 0.2) is 0 Å². The van der Waals surface area contributed by atoms with Gasteiger partial charge in [-0.25, -0.2) is 0 Å². The van der Waals surface area contributed by atoms with E-state index in [0.29, 0.717) is 13.1 Å². The number of rotatable bonds is 7. The largest absolute Gasteiger partial charge is 0.418 e. The highest BCUT2D eigenvalue weighted by Gasteiger charge is 2.36. The molecule has 0 aliphatic heterocycles. The SMILES string of the molecule is CCCN(CCC)C(=O)CN(C(C)=O)c1ccc(Cl)cc1C(F)(F)F. The first-order valence-electron chi connectivity index (χ1n) is 8.04. The van der Waals surface area contributed by atoms with E-state index in [2.05, 4.69) is 0 Å². The number of amides is 2. The summed E-state index contributed by atoms with van der Waals surface area (Å²) >= 11 is 5.67. The Hall–Kier alpha value is -1.76. The average molecular weight is 379 g/mol. The van der Waals surface area contributed by atoms with Crippen LogP contribution in [0.4, 0.5) is 18.9 Å². The third-order valence-corrected chi connectivity index (χ3v) is 3.80. The third-order valence-electron chi connectivity index (χ3n) is 3.57. The zero-order chi connectivity index (χ0) is 19.2. The van der Waals surface area contributed by atoms with Crippen molar-refractivity contribution in [1.29, 1.82) is 0 Å². The van der Waals surface area contributed by atoms with E-state index in [0.717, 1.165) is 36.8 Å². The molecule has 2 amide bonds. The van der Waals surface area contributed by atoms with Crippen molar-refractivity contribution in [3.63, 3.8) is 0 Å². The minimum atomic E-state index is -4.69. The summed E-state index contributed by atoms with van der Waals surface area (Å²) in [5, 5.41) is -0.0931. The maximum atomic E-state index is 13.3. The number of benzene rings is 1. The van der Waals surface area contributed by atoms with E-state index < -0.39 is 24.2 Å². The van der Waals surface area contributed by atoms with Crippen LogP contribution in [0.15, 0.2) is 18.2 Å². The second kappa shape index (κ2) is 9.08. The first kappa shape index (κ1) is 21.3. The van der Waals surface area contributed by atoms with Crippen molar-refractivity contribution < 1.29 is 22.8 Å². The zero-order valence-electron chi connectivity index (χ0n) is 14.5. The Labute approximate surface area is 150 Å². The predicted molar refractivity (Wildman–Crippen MR) is 91.6 cm³/mol. The summed E-state index contributed by atoms with van der Waals surface area (Å²) in [6.45, 7) is 5.47. The number of carbonyl (C=O) groups is 2. The standard InChI is InChI=1S/C17H22ClF3N2O2/c1-4-8-22(9-5-2)16(25)11-23(12(3)24)15-7-6-13(18)10-14(15)17(19,20)21/h6-7,10H,4-5,8-9,11H2,1-3H3. The number of anilines is 1. The molecular weight excluding hydrogens is 357 g/mol. The van der Waals surface area contributed by atoms with E-state index in [1.807, 2.05) is 13.8 Å². The highest BCUT2D eigenvalue weighted by atomic mass is 35.5. The highest BCUT2D eigenvalue weighted by Crippen LogP contribution is 2.38. The first-order chi connectivity index (χ1) is 11.6. The van der Waals surface area contributed by atoms with Crippen LogP contribution in [0.1, 0.15) is 39.2 Å². The van der Waals surface area contributed by atoms with Gasteiger partial charge in [-0.2, -0.15) is 13.2 Å². The molecule has 1 aromatic rings. The second-order valence-corrected chi connectivity index (χ2v) is 6.08. The fraction of sp³-hybridized carbons (Fsp3) is 0.529. The van der Waals surface area contributed by atoms with Crippen molar-refractivity contribution in [3.8, 4) is 0 Å². The van der Waals surface area contributed by atoms with Gasteiger partial charge < -0.3 is 9.80 Å². The van der Waals surface area contributed by atoms with Gasteiger partial charge >= 0.3 is 6.18 Å². The molecule has 0 N–H and O–H groups in total. The summed E-state index contributed by atoms with van der Waals surface area (Å²) in [6, 6.07) is 3.14. The lowest BCUT2D eigenvalue weighted by atomic mass is 10.1. The van der Waals surface area contributed by atoms with Crippen LogP contribution in [0.25, 0.3) is 0 Å². The molecule has 0 saturated carbocycles.